The van der Waals surface area contributed by atoms with E-state index in [1.165, 1.54) is 5.56 Å². The zero-order valence-corrected chi connectivity index (χ0v) is 13.1. The number of benzene rings is 2. The van der Waals surface area contributed by atoms with E-state index in [9.17, 15) is 4.79 Å². The number of carbonyl (C=O) groups is 1. The van der Waals surface area contributed by atoms with Gasteiger partial charge in [-0.05, 0) is 43.9 Å². The smallest absolute Gasteiger partial charge is 0.247 e. The molecule has 1 saturated carbocycles. The number of amides is 1. The van der Waals surface area contributed by atoms with Gasteiger partial charge in [-0.25, -0.2) is 0 Å². The van der Waals surface area contributed by atoms with Crippen molar-refractivity contribution in [3.8, 4) is 0 Å². The summed E-state index contributed by atoms with van der Waals surface area (Å²) in [6.45, 7) is 4.14. The van der Waals surface area contributed by atoms with Crippen LogP contribution in [0, 0.1) is 13.8 Å². The highest BCUT2D eigenvalue weighted by Gasteiger charge is 2.28. The van der Waals surface area contributed by atoms with E-state index in [-0.39, 0.29) is 11.9 Å². The molecule has 1 atom stereocenters. The normalized spacial score (nSPS) is 15.2. The molecule has 3 rings (SSSR count). The van der Waals surface area contributed by atoms with Crippen molar-refractivity contribution in [2.24, 2.45) is 0 Å². The summed E-state index contributed by atoms with van der Waals surface area (Å²) in [4.78, 5) is 12.6. The molecule has 2 N–H and O–H groups in total. The molecule has 0 bridgehead atoms. The molecule has 1 aliphatic rings. The van der Waals surface area contributed by atoms with Gasteiger partial charge < -0.3 is 10.6 Å². The Kier molecular flexibility index (Phi) is 4.14. The van der Waals surface area contributed by atoms with Gasteiger partial charge in [-0.15, -0.1) is 0 Å². The van der Waals surface area contributed by atoms with Crippen LogP contribution in [-0.4, -0.2) is 11.9 Å². The van der Waals surface area contributed by atoms with Gasteiger partial charge in [-0.1, -0.05) is 48.0 Å². The Balaban J connectivity index is 1.85. The zero-order chi connectivity index (χ0) is 15.5. The molecule has 0 unspecified atom stereocenters. The molecule has 2 aromatic carbocycles. The first-order valence-electron chi connectivity index (χ1n) is 7.82. The summed E-state index contributed by atoms with van der Waals surface area (Å²) in [6, 6.07) is 16.1. The Bertz CT molecular complexity index is 662. The van der Waals surface area contributed by atoms with E-state index < -0.39 is 0 Å². The summed E-state index contributed by atoms with van der Waals surface area (Å²) in [6.07, 6.45) is 2.19. The standard InChI is InChI=1S/C19H22N2O/c1-13-8-11-17(14(2)12-13)21-18(15-6-4-3-5-7-15)19(22)20-16-9-10-16/h3-8,11-12,16,18,21H,9-10H2,1-2H3,(H,20,22)/t18-/m0/s1. The Morgan fingerprint density at radius 3 is 2.45 bits per heavy atom. The summed E-state index contributed by atoms with van der Waals surface area (Å²) in [7, 11) is 0. The fourth-order valence-electron chi connectivity index (χ4n) is 2.59. The highest BCUT2D eigenvalue weighted by atomic mass is 16.2. The minimum atomic E-state index is -0.358. The molecule has 0 spiro atoms. The first-order chi connectivity index (χ1) is 10.6. The predicted molar refractivity (Wildman–Crippen MR) is 89.9 cm³/mol. The van der Waals surface area contributed by atoms with Crippen LogP contribution in [0.4, 0.5) is 5.69 Å². The minimum Gasteiger partial charge on any atom is -0.370 e. The lowest BCUT2D eigenvalue weighted by atomic mass is 10.0. The van der Waals surface area contributed by atoms with Crippen LogP contribution >= 0.6 is 0 Å². The summed E-state index contributed by atoms with van der Waals surface area (Å²) in [5.41, 5.74) is 4.37. The second-order valence-corrected chi connectivity index (χ2v) is 6.09. The largest absolute Gasteiger partial charge is 0.370 e. The number of anilines is 1. The van der Waals surface area contributed by atoms with E-state index in [1.54, 1.807) is 0 Å². The van der Waals surface area contributed by atoms with Gasteiger partial charge in [-0.2, -0.15) is 0 Å². The Morgan fingerprint density at radius 1 is 1.09 bits per heavy atom. The molecule has 114 valence electrons. The first kappa shape index (κ1) is 14.6. The van der Waals surface area contributed by atoms with Crippen LogP contribution in [0.25, 0.3) is 0 Å². The topological polar surface area (TPSA) is 41.1 Å². The number of rotatable bonds is 5. The van der Waals surface area contributed by atoms with E-state index in [2.05, 4.69) is 36.6 Å². The van der Waals surface area contributed by atoms with Crippen molar-refractivity contribution in [3.05, 3.63) is 65.2 Å². The van der Waals surface area contributed by atoms with Gasteiger partial charge in [0, 0.05) is 11.7 Å². The van der Waals surface area contributed by atoms with Gasteiger partial charge >= 0.3 is 0 Å². The van der Waals surface area contributed by atoms with E-state index >= 15 is 0 Å². The van der Waals surface area contributed by atoms with Crippen LogP contribution in [0.5, 0.6) is 0 Å². The molecule has 3 nitrogen and oxygen atoms in total. The van der Waals surface area contributed by atoms with Gasteiger partial charge in [0.25, 0.3) is 0 Å². The summed E-state index contributed by atoms with van der Waals surface area (Å²) < 4.78 is 0. The molecule has 0 heterocycles. The van der Waals surface area contributed by atoms with Crippen LogP contribution in [0.3, 0.4) is 0 Å². The zero-order valence-electron chi connectivity index (χ0n) is 13.1. The van der Waals surface area contributed by atoms with E-state index in [0.717, 1.165) is 29.7 Å². The Hall–Kier alpha value is -2.29. The van der Waals surface area contributed by atoms with Crippen molar-refractivity contribution in [1.82, 2.24) is 5.32 Å². The molecule has 1 fully saturated rings. The molecule has 2 aromatic rings. The lowest BCUT2D eigenvalue weighted by Crippen LogP contribution is -2.35. The number of hydrogen-bond acceptors (Lipinski definition) is 2. The summed E-state index contributed by atoms with van der Waals surface area (Å²) in [5.74, 6) is 0.0497. The molecular weight excluding hydrogens is 272 g/mol. The molecule has 3 heteroatoms. The van der Waals surface area contributed by atoms with Gasteiger partial charge in [0.05, 0.1) is 0 Å². The third-order valence-corrected chi connectivity index (χ3v) is 4.00. The molecule has 1 amide bonds. The maximum absolute atomic E-state index is 12.6. The highest BCUT2D eigenvalue weighted by Crippen LogP contribution is 2.25. The van der Waals surface area contributed by atoms with E-state index in [4.69, 9.17) is 0 Å². The summed E-state index contributed by atoms with van der Waals surface area (Å²) in [5, 5.41) is 6.51. The maximum Gasteiger partial charge on any atom is 0.247 e. The first-order valence-corrected chi connectivity index (χ1v) is 7.82. The highest BCUT2D eigenvalue weighted by molar-refractivity contribution is 5.86. The number of aryl methyl sites for hydroxylation is 2. The number of carbonyl (C=O) groups excluding carboxylic acids is 1. The molecular formula is C19H22N2O. The second-order valence-electron chi connectivity index (χ2n) is 6.09. The van der Waals surface area contributed by atoms with Crippen LogP contribution in [0.1, 0.15) is 35.6 Å². The van der Waals surface area contributed by atoms with Crippen LogP contribution in [0.2, 0.25) is 0 Å². The molecule has 22 heavy (non-hydrogen) atoms. The quantitative estimate of drug-likeness (QED) is 0.882. The van der Waals surface area contributed by atoms with E-state index in [1.807, 2.05) is 36.4 Å². The van der Waals surface area contributed by atoms with Gasteiger partial charge in [0.15, 0.2) is 0 Å². The fourth-order valence-corrected chi connectivity index (χ4v) is 2.59. The number of hydrogen-bond donors (Lipinski definition) is 2. The molecule has 0 aliphatic heterocycles. The van der Waals surface area contributed by atoms with Gasteiger partial charge in [0.2, 0.25) is 5.91 Å². The Morgan fingerprint density at radius 2 is 1.82 bits per heavy atom. The number of nitrogens with one attached hydrogen (secondary N) is 2. The predicted octanol–water partition coefficient (Wildman–Crippen LogP) is 3.74. The molecule has 0 saturated heterocycles. The van der Waals surface area contributed by atoms with Gasteiger partial charge in [-0.3, -0.25) is 4.79 Å². The van der Waals surface area contributed by atoms with Crippen molar-refractivity contribution in [2.45, 2.75) is 38.8 Å². The molecule has 0 radical (unpaired) electrons. The van der Waals surface area contributed by atoms with Crippen molar-refractivity contribution in [3.63, 3.8) is 0 Å². The third kappa shape index (κ3) is 3.48. The lowest BCUT2D eigenvalue weighted by molar-refractivity contribution is -0.122. The fraction of sp³-hybridized carbons (Fsp3) is 0.316. The van der Waals surface area contributed by atoms with E-state index in [0.29, 0.717) is 6.04 Å². The Labute approximate surface area is 131 Å². The van der Waals surface area contributed by atoms with Crippen LogP contribution in [0.15, 0.2) is 48.5 Å². The minimum absolute atomic E-state index is 0.0497. The summed E-state index contributed by atoms with van der Waals surface area (Å²) >= 11 is 0. The third-order valence-electron chi connectivity index (χ3n) is 4.00. The van der Waals surface area contributed by atoms with Crippen LogP contribution < -0.4 is 10.6 Å². The van der Waals surface area contributed by atoms with Crippen LogP contribution in [-0.2, 0) is 4.79 Å². The lowest BCUT2D eigenvalue weighted by Gasteiger charge is -2.21. The second kappa shape index (κ2) is 6.22. The SMILES string of the molecule is Cc1ccc(N[C@H](C(=O)NC2CC2)c2ccccc2)c(C)c1. The van der Waals surface area contributed by atoms with Crippen molar-refractivity contribution >= 4 is 11.6 Å². The van der Waals surface area contributed by atoms with Crippen molar-refractivity contribution in [1.29, 1.82) is 0 Å². The molecule has 0 aromatic heterocycles. The van der Waals surface area contributed by atoms with Crippen molar-refractivity contribution in [2.75, 3.05) is 5.32 Å². The van der Waals surface area contributed by atoms with Gasteiger partial charge in [0.1, 0.15) is 6.04 Å². The molecule has 1 aliphatic carbocycles. The average molecular weight is 294 g/mol. The maximum atomic E-state index is 12.6. The average Bonchev–Trinajstić information content (AvgIpc) is 3.31. The monoisotopic (exact) mass is 294 g/mol. The van der Waals surface area contributed by atoms with Crippen molar-refractivity contribution < 1.29 is 4.79 Å².